The fourth-order valence-corrected chi connectivity index (χ4v) is 3.51. The summed E-state index contributed by atoms with van der Waals surface area (Å²) in [5.74, 6) is 3.46. The third-order valence-electron chi connectivity index (χ3n) is 4.16. The average molecular weight is 166 g/mol. The molecule has 2 saturated carbocycles. The second-order valence-electron chi connectivity index (χ2n) is 4.83. The Bertz CT molecular complexity index is 139. The van der Waals surface area contributed by atoms with Crippen LogP contribution in [0, 0.1) is 17.8 Å². The standard InChI is InChI=1S/C12H22/c1-2-3-5-10-8-9-11-6-4-7-12(10)11/h10-12H,2-9H2,1H3. The molecule has 0 amide bonds. The summed E-state index contributed by atoms with van der Waals surface area (Å²) in [5, 5.41) is 0. The van der Waals surface area contributed by atoms with E-state index in [-0.39, 0.29) is 0 Å². The fraction of sp³-hybridized carbons (Fsp3) is 1.00. The highest BCUT2D eigenvalue weighted by atomic mass is 14.4. The number of hydrogen-bond donors (Lipinski definition) is 0. The molecule has 3 atom stereocenters. The van der Waals surface area contributed by atoms with Crippen molar-refractivity contribution in [3.63, 3.8) is 0 Å². The van der Waals surface area contributed by atoms with Crippen LogP contribution < -0.4 is 0 Å². The lowest BCUT2D eigenvalue weighted by Crippen LogP contribution is -2.08. The molecule has 0 heterocycles. The quantitative estimate of drug-likeness (QED) is 0.594. The molecule has 0 nitrogen and oxygen atoms in total. The second-order valence-corrected chi connectivity index (χ2v) is 4.83. The first-order chi connectivity index (χ1) is 5.92. The van der Waals surface area contributed by atoms with Gasteiger partial charge in [-0.05, 0) is 37.0 Å². The molecule has 0 heteroatoms. The van der Waals surface area contributed by atoms with E-state index in [4.69, 9.17) is 0 Å². The molecule has 0 aromatic carbocycles. The molecular formula is C12H22. The van der Waals surface area contributed by atoms with Gasteiger partial charge in [0.2, 0.25) is 0 Å². The molecule has 0 aliphatic heterocycles. The van der Waals surface area contributed by atoms with Gasteiger partial charge < -0.3 is 0 Å². The molecule has 0 N–H and O–H groups in total. The second kappa shape index (κ2) is 3.81. The molecule has 2 aliphatic rings. The van der Waals surface area contributed by atoms with Crippen molar-refractivity contribution in [3.05, 3.63) is 0 Å². The van der Waals surface area contributed by atoms with Gasteiger partial charge in [0.1, 0.15) is 0 Å². The van der Waals surface area contributed by atoms with Crippen LogP contribution in [-0.2, 0) is 0 Å². The maximum Gasteiger partial charge on any atom is -0.0357 e. The summed E-state index contributed by atoms with van der Waals surface area (Å²) in [6.07, 6.45) is 12.2. The molecule has 0 radical (unpaired) electrons. The van der Waals surface area contributed by atoms with Gasteiger partial charge in [0.25, 0.3) is 0 Å². The number of unbranched alkanes of at least 4 members (excludes halogenated alkanes) is 1. The lowest BCUT2D eigenvalue weighted by atomic mass is 9.88. The lowest BCUT2D eigenvalue weighted by molar-refractivity contribution is 0.328. The third-order valence-corrected chi connectivity index (χ3v) is 4.16. The predicted octanol–water partition coefficient (Wildman–Crippen LogP) is 4.00. The van der Waals surface area contributed by atoms with Crippen molar-refractivity contribution >= 4 is 0 Å². The van der Waals surface area contributed by atoms with Gasteiger partial charge in [-0.15, -0.1) is 0 Å². The number of fused-ring (bicyclic) bond motifs is 1. The third kappa shape index (κ3) is 1.53. The summed E-state index contributed by atoms with van der Waals surface area (Å²) >= 11 is 0. The summed E-state index contributed by atoms with van der Waals surface area (Å²) in [4.78, 5) is 0. The Balaban J connectivity index is 1.83. The highest BCUT2D eigenvalue weighted by molar-refractivity contribution is 4.88. The number of hydrogen-bond acceptors (Lipinski definition) is 0. The van der Waals surface area contributed by atoms with Gasteiger partial charge in [0.05, 0.1) is 0 Å². The number of rotatable bonds is 3. The van der Waals surface area contributed by atoms with Crippen LogP contribution in [0.25, 0.3) is 0 Å². The van der Waals surface area contributed by atoms with Gasteiger partial charge in [-0.1, -0.05) is 39.0 Å². The molecule has 3 unspecified atom stereocenters. The van der Waals surface area contributed by atoms with Crippen molar-refractivity contribution in [1.29, 1.82) is 0 Å². The van der Waals surface area contributed by atoms with E-state index in [9.17, 15) is 0 Å². The molecule has 0 bridgehead atoms. The first-order valence-electron chi connectivity index (χ1n) is 5.92. The van der Waals surface area contributed by atoms with E-state index >= 15 is 0 Å². The molecular weight excluding hydrogens is 144 g/mol. The van der Waals surface area contributed by atoms with Crippen LogP contribution in [0.5, 0.6) is 0 Å². The first-order valence-corrected chi connectivity index (χ1v) is 5.92. The molecule has 70 valence electrons. The molecule has 2 rings (SSSR count). The minimum absolute atomic E-state index is 1.14. The van der Waals surface area contributed by atoms with Gasteiger partial charge in [0.15, 0.2) is 0 Å². The normalized spacial score (nSPS) is 40.2. The van der Waals surface area contributed by atoms with Crippen molar-refractivity contribution in [3.8, 4) is 0 Å². The van der Waals surface area contributed by atoms with Gasteiger partial charge in [-0.25, -0.2) is 0 Å². The summed E-state index contributed by atoms with van der Waals surface area (Å²) < 4.78 is 0. The zero-order valence-electron chi connectivity index (χ0n) is 8.39. The summed E-state index contributed by atoms with van der Waals surface area (Å²) in [7, 11) is 0. The molecule has 2 fully saturated rings. The largest absolute Gasteiger partial charge is 0.0654 e. The van der Waals surface area contributed by atoms with Crippen LogP contribution in [0.4, 0.5) is 0 Å². The monoisotopic (exact) mass is 166 g/mol. The Morgan fingerprint density at radius 2 is 2.00 bits per heavy atom. The highest BCUT2D eigenvalue weighted by Gasteiger charge is 2.38. The Morgan fingerprint density at radius 1 is 1.08 bits per heavy atom. The molecule has 2 aliphatic carbocycles. The minimum Gasteiger partial charge on any atom is -0.0654 e. The summed E-state index contributed by atoms with van der Waals surface area (Å²) in [6, 6.07) is 0. The van der Waals surface area contributed by atoms with Crippen LogP contribution in [0.2, 0.25) is 0 Å². The van der Waals surface area contributed by atoms with Crippen LogP contribution in [0.1, 0.15) is 58.3 Å². The predicted molar refractivity (Wildman–Crippen MR) is 53.1 cm³/mol. The van der Waals surface area contributed by atoms with Crippen molar-refractivity contribution < 1.29 is 0 Å². The molecule has 0 spiro atoms. The van der Waals surface area contributed by atoms with E-state index in [1.54, 1.807) is 25.7 Å². The lowest BCUT2D eigenvalue weighted by Gasteiger charge is -2.17. The van der Waals surface area contributed by atoms with Crippen molar-refractivity contribution in [2.45, 2.75) is 58.3 Å². The van der Waals surface area contributed by atoms with Crippen molar-refractivity contribution in [2.75, 3.05) is 0 Å². The molecule has 0 aromatic rings. The summed E-state index contributed by atoms with van der Waals surface area (Å²) in [5.41, 5.74) is 0. The van der Waals surface area contributed by atoms with E-state index in [2.05, 4.69) is 6.92 Å². The van der Waals surface area contributed by atoms with Gasteiger partial charge >= 0.3 is 0 Å². The van der Waals surface area contributed by atoms with Gasteiger partial charge in [0, 0.05) is 0 Å². The van der Waals surface area contributed by atoms with Crippen LogP contribution in [-0.4, -0.2) is 0 Å². The Morgan fingerprint density at radius 3 is 2.83 bits per heavy atom. The highest BCUT2D eigenvalue weighted by Crippen LogP contribution is 2.49. The van der Waals surface area contributed by atoms with E-state index < -0.39 is 0 Å². The van der Waals surface area contributed by atoms with Crippen LogP contribution in [0.3, 0.4) is 0 Å². The van der Waals surface area contributed by atoms with Crippen LogP contribution in [0.15, 0.2) is 0 Å². The van der Waals surface area contributed by atoms with E-state index in [1.165, 1.54) is 25.7 Å². The van der Waals surface area contributed by atoms with E-state index in [0.717, 1.165) is 17.8 Å². The van der Waals surface area contributed by atoms with Gasteiger partial charge in [-0.3, -0.25) is 0 Å². The van der Waals surface area contributed by atoms with E-state index in [0.29, 0.717) is 0 Å². The van der Waals surface area contributed by atoms with Crippen LogP contribution >= 0.6 is 0 Å². The maximum atomic E-state index is 2.32. The minimum atomic E-state index is 1.14. The van der Waals surface area contributed by atoms with Gasteiger partial charge in [-0.2, -0.15) is 0 Å². The van der Waals surface area contributed by atoms with E-state index in [1.807, 2.05) is 0 Å². The average Bonchev–Trinajstić information content (AvgIpc) is 2.62. The smallest absolute Gasteiger partial charge is 0.0357 e. The topological polar surface area (TPSA) is 0 Å². The molecule has 12 heavy (non-hydrogen) atoms. The Hall–Kier alpha value is 0. The molecule has 0 saturated heterocycles. The SMILES string of the molecule is CCCCC1CCC2CCCC12. The Labute approximate surface area is 76.7 Å². The first kappa shape index (κ1) is 8.59. The fourth-order valence-electron chi connectivity index (χ4n) is 3.51. The van der Waals surface area contributed by atoms with Crippen molar-refractivity contribution in [1.82, 2.24) is 0 Å². The summed E-state index contributed by atoms with van der Waals surface area (Å²) in [6.45, 7) is 2.32. The maximum absolute atomic E-state index is 2.32. The Kier molecular flexibility index (Phi) is 2.73. The van der Waals surface area contributed by atoms with Crippen molar-refractivity contribution in [2.24, 2.45) is 17.8 Å². The zero-order chi connectivity index (χ0) is 8.39. The molecule has 0 aromatic heterocycles. The zero-order valence-corrected chi connectivity index (χ0v) is 8.39.